The molecule has 0 saturated carbocycles. The summed E-state index contributed by atoms with van der Waals surface area (Å²) in [7, 11) is 0. The Kier molecular flexibility index (Phi) is 4.17. The molecule has 1 saturated heterocycles. The molecule has 4 N–H and O–H groups in total. The van der Waals surface area contributed by atoms with Crippen LogP contribution >= 0.6 is 0 Å². The summed E-state index contributed by atoms with van der Waals surface area (Å²) < 4.78 is 0. The summed E-state index contributed by atoms with van der Waals surface area (Å²) in [6, 6.07) is 8.41. The Bertz CT molecular complexity index is 614. The number of nitrogens with two attached hydrogens (primary N) is 1. The molecule has 1 aliphatic heterocycles. The van der Waals surface area contributed by atoms with Gasteiger partial charge in [-0.1, -0.05) is 19.1 Å². The molecular weight excluding hydrogens is 264 g/mol. The molecule has 0 amide bonds. The fourth-order valence-electron chi connectivity index (χ4n) is 2.91. The molecule has 112 valence electrons. The van der Waals surface area contributed by atoms with Gasteiger partial charge in [-0.05, 0) is 38.1 Å². The Morgan fingerprint density at radius 2 is 2.19 bits per heavy atom. The zero-order chi connectivity index (χ0) is 14.7. The fourth-order valence-corrected chi connectivity index (χ4v) is 2.91. The number of hydrogen-bond donors (Lipinski definition) is 3. The van der Waals surface area contributed by atoms with Crippen LogP contribution < -0.4 is 16.6 Å². The van der Waals surface area contributed by atoms with E-state index < -0.39 is 0 Å². The molecule has 1 fully saturated rings. The maximum absolute atomic E-state index is 5.48. The smallest absolute Gasteiger partial charge is 0.239 e. The number of aromatic nitrogens is 2. The molecule has 1 aromatic carbocycles. The van der Waals surface area contributed by atoms with Crippen LogP contribution in [0.5, 0.6) is 0 Å². The number of hydrazine groups is 1. The van der Waals surface area contributed by atoms with Crippen molar-refractivity contribution in [2.45, 2.75) is 25.8 Å². The summed E-state index contributed by atoms with van der Waals surface area (Å²) in [5, 5.41) is 4.61. The highest BCUT2D eigenvalue weighted by Gasteiger charge is 2.20. The lowest BCUT2D eigenvalue weighted by Crippen LogP contribution is -2.42. The normalized spacial score (nSPS) is 19.6. The number of nitrogen functional groups attached to an aromatic ring is 1. The van der Waals surface area contributed by atoms with Crippen molar-refractivity contribution in [1.82, 2.24) is 14.9 Å². The quantitative estimate of drug-likeness (QED) is 0.587. The molecule has 6 heteroatoms. The average Bonchev–Trinajstić information content (AvgIpc) is 2.55. The van der Waals surface area contributed by atoms with E-state index in [9.17, 15) is 0 Å². The van der Waals surface area contributed by atoms with Crippen LogP contribution in [0.4, 0.5) is 11.8 Å². The monoisotopic (exact) mass is 286 g/mol. The summed E-state index contributed by atoms with van der Waals surface area (Å²) in [5.41, 5.74) is 3.44. The third kappa shape index (κ3) is 3.06. The number of anilines is 2. The molecule has 2 aromatic rings. The first kappa shape index (κ1) is 14.0. The highest BCUT2D eigenvalue weighted by Crippen LogP contribution is 2.23. The van der Waals surface area contributed by atoms with E-state index in [-0.39, 0.29) is 0 Å². The van der Waals surface area contributed by atoms with Crippen LogP contribution in [0.2, 0.25) is 0 Å². The third-order valence-corrected chi connectivity index (χ3v) is 4.03. The van der Waals surface area contributed by atoms with Crippen molar-refractivity contribution in [3.63, 3.8) is 0 Å². The van der Waals surface area contributed by atoms with Gasteiger partial charge in [0.15, 0.2) is 0 Å². The third-order valence-electron chi connectivity index (χ3n) is 4.03. The van der Waals surface area contributed by atoms with Gasteiger partial charge in [0.1, 0.15) is 5.82 Å². The highest BCUT2D eigenvalue weighted by molar-refractivity contribution is 5.90. The molecule has 1 unspecified atom stereocenters. The Morgan fingerprint density at radius 3 is 3.00 bits per heavy atom. The van der Waals surface area contributed by atoms with Crippen molar-refractivity contribution in [2.24, 2.45) is 5.84 Å². The van der Waals surface area contributed by atoms with Gasteiger partial charge in [-0.25, -0.2) is 10.8 Å². The van der Waals surface area contributed by atoms with Crippen molar-refractivity contribution in [2.75, 3.05) is 30.4 Å². The Balaban J connectivity index is 1.88. The average molecular weight is 286 g/mol. The largest absolute Gasteiger partial charge is 0.365 e. The second-order valence-electron chi connectivity index (χ2n) is 5.43. The Hall–Kier alpha value is -1.92. The molecule has 3 rings (SSSR count). The van der Waals surface area contributed by atoms with Crippen LogP contribution in [-0.4, -0.2) is 40.5 Å². The summed E-state index contributed by atoms with van der Waals surface area (Å²) in [4.78, 5) is 11.3. The predicted octanol–water partition coefficient (Wildman–Crippen LogP) is 1.81. The number of likely N-dealkylation sites (N-methyl/N-ethyl adjacent to an activating group) is 1. The van der Waals surface area contributed by atoms with Crippen molar-refractivity contribution in [3.8, 4) is 0 Å². The molecular formula is C15H22N6. The van der Waals surface area contributed by atoms with Gasteiger partial charge in [0.2, 0.25) is 5.95 Å². The van der Waals surface area contributed by atoms with E-state index in [0.717, 1.165) is 29.8 Å². The topological polar surface area (TPSA) is 79.1 Å². The summed E-state index contributed by atoms with van der Waals surface area (Å²) in [6.45, 7) is 5.55. The van der Waals surface area contributed by atoms with Gasteiger partial charge in [-0.3, -0.25) is 5.43 Å². The standard InChI is InChI=1S/C15H22N6/c1-2-21-9-5-6-11(10-21)17-14-12-7-3-4-8-13(12)18-15(19-14)20-16/h3-4,7-8,11H,2,5-6,9-10,16H2,1H3,(H2,17,18,19,20). The maximum atomic E-state index is 5.48. The van der Waals surface area contributed by atoms with Crippen LogP contribution in [0.1, 0.15) is 19.8 Å². The first-order valence-corrected chi connectivity index (χ1v) is 7.52. The van der Waals surface area contributed by atoms with Crippen LogP contribution in [0, 0.1) is 0 Å². The van der Waals surface area contributed by atoms with Crippen molar-refractivity contribution >= 4 is 22.7 Å². The van der Waals surface area contributed by atoms with Crippen molar-refractivity contribution < 1.29 is 0 Å². The van der Waals surface area contributed by atoms with Gasteiger partial charge in [0, 0.05) is 18.0 Å². The van der Waals surface area contributed by atoms with Crippen molar-refractivity contribution in [3.05, 3.63) is 24.3 Å². The van der Waals surface area contributed by atoms with E-state index in [4.69, 9.17) is 5.84 Å². The molecule has 0 aliphatic carbocycles. The van der Waals surface area contributed by atoms with Gasteiger partial charge in [-0.15, -0.1) is 0 Å². The highest BCUT2D eigenvalue weighted by atomic mass is 15.3. The number of nitrogens with one attached hydrogen (secondary N) is 2. The number of rotatable bonds is 4. The summed E-state index contributed by atoms with van der Waals surface area (Å²) >= 11 is 0. The summed E-state index contributed by atoms with van der Waals surface area (Å²) in [5.74, 6) is 6.78. The molecule has 0 spiro atoms. The summed E-state index contributed by atoms with van der Waals surface area (Å²) in [6.07, 6.45) is 2.39. The lowest BCUT2D eigenvalue weighted by atomic mass is 10.1. The Labute approximate surface area is 124 Å². The van der Waals surface area contributed by atoms with E-state index in [1.165, 1.54) is 19.4 Å². The van der Waals surface area contributed by atoms with Gasteiger partial charge in [0.25, 0.3) is 0 Å². The van der Waals surface area contributed by atoms with Crippen LogP contribution in [-0.2, 0) is 0 Å². The first-order valence-electron chi connectivity index (χ1n) is 7.52. The lowest BCUT2D eigenvalue weighted by molar-refractivity contribution is 0.226. The molecule has 1 aliphatic rings. The SMILES string of the molecule is CCN1CCCC(Nc2nc(NN)nc3ccccc23)C1. The lowest BCUT2D eigenvalue weighted by Gasteiger charge is -2.32. The molecule has 1 atom stereocenters. The number of hydrogen-bond acceptors (Lipinski definition) is 6. The molecule has 1 aromatic heterocycles. The predicted molar refractivity (Wildman–Crippen MR) is 86.1 cm³/mol. The zero-order valence-corrected chi connectivity index (χ0v) is 12.3. The van der Waals surface area contributed by atoms with Gasteiger partial charge in [-0.2, -0.15) is 4.98 Å². The fraction of sp³-hybridized carbons (Fsp3) is 0.467. The maximum Gasteiger partial charge on any atom is 0.239 e. The van der Waals surface area contributed by atoms with Crippen LogP contribution in [0.3, 0.4) is 0 Å². The van der Waals surface area contributed by atoms with E-state index in [1.807, 2.05) is 24.3 Å². The number of fused-ring (bicyclic) bond motifs is 1. The second kappa shape index (κ2) is 6.24. The number of para-hydroxylation sites is 1. The van der Waals surface area contributed by atoms with Crippen molar-refractivity contribution in [1.29, 1.82) is 0 Å². The molecule has 0 bridgehead atoms. The van der Waals surface area contributed by atoms with E-state index in [0.29, 0.717) is 12.0 Å². The van der Waals surface area contributed by atoms with E-state index in [1.54, 1.807) is 0 Å². The number of benzene rings is 1. The number of likely N-dealkylation sites (tertiary alicyclic amines) is 1. The van der Waals surface area contributed by atoms with Crippen LogP contribution in [0.25, 0.3) is 10.9 Å². The van der Waals surface area contributed by atoms with E-state index >= 15 is 0 Å². The van der Waals surface area contributed by atoms with E-state index in [2.05, 4.69) is 32.5 Å². The minimum Gasteiger partial charge on any atom is -0.365 e. The second-order valence-corrected chi connectivity index (χ2v) is 5.43. The molecule has 2 heterocycles. The molecule has 0 radical (unpaired) electrons. The number of nitrogens with zero attached hydrogens (tertiary/aromatic N) is 3. The first-order chi connectivity index (χ1) is 10.3. The van der Waals surface area contributed by atoms with Crippen LogP contribution in [0.15, 0.2) is 24.3 Å². The molecule has 21 heavy (non-hydrogen) atoms. The van der Waals surface area contributed by atoms with Gasteiger partial charge >= 0.3 is 0 Å². The zero-order valence-electron chi connectivity index (χ0n) is 12.3. The Morgan fingerprint density at radius 1 is 1.33 bits per heavy atom. The molecule has 6 nitrogen and oxygen atoms in total. The minimum atomic E-state index is 0.419. The van der Waals surface area contributed by atoms with Gasteiger partial charge in [0.05, 0.1) is 5.52 Å². The van der Waals surface area contributed by atoms with Gasteiger partial charge < -0.3 is 10.2 Å². The minimum absolute atomic E-state index is 0.419. The number of piperidine rings is 1.